The van der Waals surface area contributed by atoms with Crippen LogP contribution in [0.25, 0.3) is 0 Å². The van der Waals surface area contributed by atoms with Gasteiger partial charge in [-0.3, -0.25) is 0 Å². The van der Waals surface area contributed by atoms with Crippen molar-refractivity contribution in [3.05, 3.63) is 11.9 Å². The molecule has 0 aromatic heterocycles. The molecule has 0 aliphatic carbocycles. The molecular weight excluding hydrogens is 104 g/mol. The lowest BCUT2D eigenvalue weighted by molar-refractivity contribution is 0.564. The van der Waals surface area contributed by atoms with Gasteiger partial charge >= 0.3 is 0 Å². The van der Waals surface area contributed by atoms with Crippen LogP contribution in [0.15, 0.2) is 16.9 Å². The summed E-state index contributed by atoms with van der Waals surface area (Å²) in [5, 5.41) is 2.92. The van der Waals surface area contributed by atoms with Gasteiger partial charge in [0.05, 0.1) is 5.70 Å². The van der Waals surface area contributed by atoms with Crippen LogP contribution >= 0.6 is 0 Å². The van der Waals surface area contributed by atoms with Crippen molar-refractivity contribution in [1.82, 2.24) is 5.32 Å². The van der Waals surface area contributed by atoms with Crippen LogP contribution in [0.5, 0.6) is 0 Å². The predicted octanol–water partition coefficient (Wildman–Crippen LogP) is 0.157. The molecule has 1 rings (SSSR count). The Labute approximate surface area is 47.1 Å². The van der Waals surface area contributed by atoms with Crippen molar-refractivity contribution in [3.8, 4) is 0 Å². The van der Waals surface area contributed by atoms with Gasteiger partial charge in [-0.25, -0.2) is 4.79 Å². The molecule has 0 saturated carbocycles. The zero-order chi connectivity index (χ0) is 5.82. The van der Waals surface area contributed by atoms with Gasteiger partial charge in [0.15, 0.2) is 0 Å². The van der Waals surface area contributed by atoms with Crippen molar-refractivity contribution in [2.45, 2.75) is 6.42 Å². The van der Waals surface area contributed by atoms with Crippen LogP contribution in [0.4, 0.5) is 0 Å². The first-order valence-electron chi connectivity index (χ1n) is 2.44. The number of hydrogen-bond acceptors (Lipinski definition) is 3. The van der Waals surface area contributed by atoms with Crippen molar-refractivity contribution in [2.24, 2.45) is 4.99 Å². The largest absolute Gasteiger partial charge is 0.389 e. The summed E-state index contributed by atoms with van der Waals surface area (Å²) < 4.78 is 0. The van der Waals surface area contributed by atoms with Crippen molar-refractivity contribution in [3.63, 3.8) is 0 Å². The molecule has 0 aromatic rings. The van der Waals surface area contributed by atoms with Crippen LogP contribution < -0.4 is 5.32 Å². The van der Waals surface area contributed by atoms with E-state index in [1.165, 1.54) is 6.08 Å². The summed E-state index contributed by atoms with van der Waals surface area (Å²) in [6.45, 7) is 0.889. The van der Waals surface area contributed by atoms with Gasteiger partial charge in [-0.15, -0.1) is 0 Å². The average Bonchev–Trinajstić information content (AvgIpc) is 2.19. The van der Waals surface area contributed by atoms with Gasteiger partial charge in [-0.1, -0.05) is 0 Å². The molecule has 0 aromatic carbocycles. The molecule has 0 saturated heterocycles. The summed E-state index contributed by atoms with van der Waals surface area (Å²) in [4.78, 5) is 13.0. The van der Waals surface area contributed by atoms with Crippen LogP contribution in [0.3, 0.4) is 0 Å². The fraction of sp³-hybridized carbons (Fsp3) is 0.400. The van der Waals surface area contributed by atoms with E-state index >= 15 is 0 Å². The third kappa shape index (κ3) is 0.950. The van der Waals surface area contributed by atoms with Crippen LogP contribution in [-0.2, 0) is 4.79 Å². The molecule has 3 nitrogen and oxygen atoms in total. The van der Waals surface area contributed by atoms with Gasteiger partial charge in [-0.05, 0) is 0 Å². The molecule has 0 spiro atoms. The Hall–Kier alpha value is -1.08. The van der Waals surface area contributed by atoms with Gasteiger partial charge in [0, 0.05) is 19.2 Å². The second kappa shape index (κ2) is 2.28. The molecule has 3 heteroatoms. The first kappa shape index (κ1) is 5.06. The van der Waals surface area contributed by atoms with Gasteiger partial charge in [0.25, 0.3) is 0 Å². The van der Waals surface area contributed by atoms with Gasteiger partial charge in [0.1, 0.15) is 0 Å². The normalized spacial score (nSPS) is 16.2. The molecule has 0 bridgehead atoms. The van der Waals surface area contributed by atoms with Crippen molar-refractivity contribution in [1.29, 1.82) is 0 Å². The molecule has 42 valence electrons. The zero-order valence-corrected chi connectivity index (χ0v) is 4.35. The minimum atomic E-state index is 0.792. The molecular formula is C5H6N2O. The molecule has 0 unspecified atom stereocenters. The highest BCUT2D eigenvalue weighted by Gasteiger charge is 1.99. The summed E-state index contributed by atoms with van der Waals surface area (Å²) in [5.41, 5.74) is 0.792. The van der Waals surface area contributed by atoms with E-state index in [4.69, 9.17) is 0 Å². The Kier molecular flexibility index (Phi) is 1.45. The Balaban J connectivity index is 2.57. The molecule has 1 heterocycles. The number of nitrogens with zero attached hydrogens (tertiary/aromatic N) is 1. The SMILES string of the molecule is O=C=NC1=CNCC1. The van der Waals surface area contributed by atoms with E-state index in [9.17, 15) is 4.79 Å². The average molecular weight is 110 g/mol. The fourth-order valence-corrected chi connectivity index (χ4v) is 0.609. The van der Waals surface area contributed by atoms with Crippen molar-refractivity contribution >= 4 is 6.08 Å². The molecule has 0 atom stereocenters. The van der Waals surface area contributed by atoms with E-state index < -0.39 is 0 Å². The lowest BCUT2D eigenvalue weighted by Crippen LogP contribution is -1.96. The van der Waals surface area contributed by atoms with Crippen molar-refractivity contribution < 1.29 is 4.79 Å². The summed E-state index contributed by atoms with van der Waals surface area (Å²) in [5.74, 6) is 0. The number of nitrogens with one attached hydrogen (secondary N) is 1. The molecule has 0 amide bonds. The molecule has 1 aliphatic heterocycles. The summed E-state index contributed by atoms with van der Waals surface area (Å²) in [7, 11) is 0. The third-order valence-corrected chi connectivity index (χ3v) is 0.983. The van der Waals surface area contributed by atoms with E-state index in [2.05, 4.69) is 10.3 Å². The second-order valence-electron chi connectivity index (χ2n) is 1.54. The standard InChI is InChI=1S/C5H6N2O/c8-4-7-5-1-2-6-3-5/h3,6H,1-2H2. The summed E-state index contributed by atoms with van der Waals surface area (Å²) in [6.07, 6.45) is 4.05. The number of carbonyl (C=O) groups excluding carboxylic acids is 1. The quantitative estimate of drug-likeness (QED) is 0.386. The van der Waals surface area contributed by atoms with Crippen LogP contribution in [0, 0.1) is 0 Å². The Morgan fingerprint density at radius 2 is 2.75 bits per heavy atom. The van der Waals surface area contributed by atoms with E-state index in [1.807, 2.05) is 0 Å². The first-order valence-corrected chi connectivity index (χ1v) is 2.44. The Bertz CT molecular complexity index is 156. The van der Waals surface area contributed by atoms with Crippen LogP contribution in [0.2, 0.25) is 0 Å². The maximum atomic E-state index is 9.60. The highest BCUT2D eigenvalue weighted by molar-refractivity contribution is 5.37. The van der Waals surface area contributed by atoms with E-state index in [0.29, 0.717) is 0 Å². The van der Waals surface area contributed by atoms with E-state index in [1.54, 1.807) is 6.20 Å². The maximum Gasteiger partial charge on any atom is 0.240 e. The minimum Gasteiger partial charge on any atom is -0.389 e. The van der Waals surface area contributed by atoms with E-state index in [0.717, 1.165) is 18.7 Å². The molecule has 8 heavy (non-hydrogen) atoms. The van der Waals surface area contributed by atoms with Gasteiger partial charge in [-0.2, -0.15) is 4.99 Å². The monoisotopic (exact) mass is 110 g/mol. The fourth-order valence-electron chi connectivity index (χ4n) is 0.609. The minimum absolute atomic E-state index is 0.792. The second-order valence-corrected chi connectivity index (χ2v) is 1.54. The number of hydrogen-bond donors (Lipinski definition) is 1. The zero-order valence-electron chi connectivity index (χ0n) is 4.35. The smallest absolute Gasteiger partial charge is 0.240 e. The van der Waals surface area contributed by atoms with Crippen molar-refractivity contribution in [2.75, 3.05) is 6.54 Å². The van der Waals surface area contributed by atoms with E-state index in [-0.39, 0.29) is 0 Å². The molecule has 0 fully saturated rings. The Morgan fingerprint density at radius 3 is 3.25 bits per heavy atom. The summed E-state index contributed by atoms with van der Waals surface area (Å²) in [6, 6.07) is 0. The molecule has 1 aliphatic rings. The third-order valence-electron chi connectivity index (χ3n) is 0.983. The molecule has 0 radical (unpaired) electrons. The lowest BCUT2D eigenvalue weighted by Gasteiger charge is -1.79. The maximum absolute atomic E-state index is 9.60. The predicted molar refractivity (Wildman–Crippen MR) is 28.8 cm³/mol. The Morgan fingerprint density at radius 1 is 1.88 bits per heavy atom. The number of isocyanates is 1. The van der Waals surface area contributed by atoms with Gasteiger partial charge < -0.3 is 5.32 Å². The lowest BCUT2D eigenvalue weighted by atomic mass is 10.4. The van der Waals surface area contributed by atoms with Gasteiger partial charge in [0.2, 0.25) is 6.08 Å². The summed E-state index contributed by atoms with van der Waals surface area (Å²) >= 11 is 0. The number of rotatable bonds is 1. The highest BCUT2D eigenvalue weighted by Crippen LogP contribution is 2.03. The first-order chi connectivity index (χ1) is 3.93. The van der Waals surface area contributed by atoms with Crippen LogP contribution in [0.1, 0.15) is 6.42 Å². The van der Waals surface area contributed by atoms with Crippen LogP contribution in [-0.4, -0.2) is 12.6 Å². The number of aliphatic imine (C=N–C) groups is 1. The highest BCUT2D eigenvalue weighted by atomic mass is 16.1. The topological polar surface area (TPSA) is 41.5 Å². The molecule has 1 N–H and O–H groups in total.